The Morgan fingerprint density at radius 2 is 1.65 bits per heavy atom. The molecule has 0 aromatic heterocycles. The maximum Gasteiger partial charge on any atom is 0.233 e. The third-order valence-electron chi connectivity index (χ3n) is 4.90. The standard InChI is InChI=1S/C15H20N2O3/c1-16(2)11(18)7-8-17-14(19)12-9-3-4-10(6-5-9)13(12)15(17)20/h3-4,9-10,12-13H,5-8H2,1-2H3/t9-,10-,12-,13+/m0/s1. The van der Waals surface area contributed by atoms with Gasteiger partial charge < -0.3 is 4.90 Å². The van der Waals surface area contributed by atoms with Gasteiger partial charge in [0, 0.05) is 27.1 Å². The Hall–Kier alpha value is -1.65. The van der Waals surface area contributed by atoms with Crippen molar-refractivity contribution in [3.8, 4) is 0 Å². The minimum atomic E-state index is -0.166. The van der Waals surface area contributed by atoms with Gasteiger partial charge in [-0.05, 0) is 24.7 Å². The number of allylic oxidation sites excluding steroid dienone is 2. The van der Waals surface area contributed by atoms with Crippen LogP contribution in [0, 0.1) is 23.7 Å². The summed E-state index contributed by atoms with van der Waals surface area (Å²) in [4.78, 5) is 39.4. The van der Waals surface area contributed by atoms with Crippen LogP contribution in [-0.2, 0) is 14.4 Å². The minimum absolute atomic E-state index is 0.0541. The number of fused-ring (bicyclic) bond motifs is 1. The van der Waals surface area contributed by atoms with Gasteiger partial charge in [-0.25, -0.2) is 0 Å². The molecule has 0 spiro atoms. The molecule has 4 rings (SSSR count). The fourth-order valence-electron chi connectivity index (χ4n) is 3.79. The van der Waals surface area contributed by atoms with Crippen LogP contribution in [0.2, 0.25) is 0 Å². The molecule has 4 atom stereocenters. The van der Waals surface area contributed by atoms with Gasteiger partial charge in [-0.15, -0.1) is 0 Å². The molecule has 1 heterocycles. The SMILES string of the molecule is CN(C)C(=O)CCN1C(=O)[C@@H]2[C@H](C1=O)[C@H]1C=C[C@H]2CC1. The van der Waals surface area contributed by atoms with Crippen molar-refractivity contribution in [2.24, 2.45) is 23.7 Å². The lowest BCUT2D eigenvalue weighted by molar-refractivity contribution is -0.140. The Morgan fingerprint density at radius 1 is 1.15 bits per heavy atom. The molecule has 5 heteroatoms. The van der Waals surface area contributed by atoms with Crippen molar-refractivity contribution in [1.29, 1.82) is 0 Å². The number of imide groups is 1. The van der Waals surface area contributed by atoms with Gasteiger partial charge in [-0.3, -0.25) is 19.3 Å². The summed E-state index contributed by atoms with van der Waals surface area (Å²) >= 11 is 0. The van der Waals surface area contributed by atoms with E-state index in [4.69, 9.17) is 0 Å². The van der Waals surface area contributed by atoms with Crippen molar-refractivity contribution in [3.63, 3.8) is 0 Å². The first kappa shape index (κ1) is 13.3. The van der Waals surface area contributed by atoms with E-state index in [1.807, 2.05) is 0 Å². The predicted molar refractivity (Wildman–Crippen MR) is 72.4 cm³/mol. The molecule has 5 nitrogen and oxygen atoms in total. The van der Waals surface area contributed by atoms with E-state index < -0.39 is 0 Å². The monoisotopic (exact) mass is 276 g/mol. The summed E-state index contributed by atoms with van der Waals surface area (Å²) in [7, 11) is 3.36. The minimum Gasteiger partial charge on any atom is -0.349 e. The van der Waals surface area contributed by atoms with E-state index >= 15 is 0 Å². The Kier molecular flexibility index (Phi) is 3.15. The van der Waals surface area contributed by atoms with E-state index in [2.05, 4.69) is 12.2 Å². The van der Waals surface area contributed by atoms with Crippen molar-refractivity contribution in [2.75, 3.05) is 20.6 Å². The first-order valence-corrected chi connectivity index (χ1v) is 7.24. The number of amides is 3. The van der Waals surface area contributed by atoms with E-state index in [9.17, 15) is 14.4 Å². The topological polar surface area (TPSA) is 57.7 Å². The van der Waals surface area contributed by atoms with Crippen LogP contribution in [0.4, 0.5) is 0 Å². The number of hydrogen-bond acceptors (Lipinski definition) is 3. The lowest BCUT2D eigenvalue weighted by atomic mass is 9.63. The van der Waals surface area contributed by atoms with Gasteiger partial charge in [-0.1, -0.05) is 12.2 Å². The van der Waals surface area contributed by atoms with E-state index in [1.165, 1.54) is 9.80 Å². The molecule has 3 amide bonds. The molecule has 0 unspecified atom stereocenters. The number of carbonyl (C=O) groups is 3. The summed E-state index contributed by atoms with van der Waals surface area (Å²) in [5, 5.41) is 0. The summed E-state index contributed by atoms with van der Waals surface area (Å²) in [5.74, 6) is -0.0776. The quantitative estimate of drug-likeness (QED) is 0.562. The molecular weight excluding hydrogens is 256 g/mol. The number of rotatable bonds is 3. The Bertz CT molecular complexity index is 465. The van der Waals surface area contributed by atoms with Crippen LogP contribution < -0.4 is 0 Å². The fourth-order valence-corrected chi connectivity index (χ4v) is 3.79. The molecule has 1 saturated heterocycles. The first-order valence-electron chi connectivity index (χ1n) is 7.24. The lowest BCUT2D eigenvalue weighted by Crippen LogP contribution is -2.38. The van der Waals surface area contributed by atoms with Crippen LogP contribution in [0.15, 0.2) is 12.2 Å². The zero-order valence-electron chi connectivity index (χ0n) is 11.9. The molecule has 0 aromatic carbocycles. The highest BCUT2D eigenvalue weighted by molar-refractivity contribution is 6.06. The molecule has 2 fully saturated rings. The third kappa shape index (κ3) is 1.87. The summed E-state index contributed by atoms with van der Waals surface area (Å²) in [6.07, 6.45) is 6.44. The average Bonchev–Trinajstić information content (AvgIpc) is 2.72. The summed E-state index contributed by atoms with van der Waals surface area (Å²) < 4.78 is 0. The molecule has 0 radical (unpaired) electrons. The second kappa shape index (κ2) is 4.72. The van der Waals surface area contributed by atoms with E-state index in [0.29, 0.717) is 0 Å². The number of likely N-dealkylation sites (tertiary alicyclic amines) is 1. The molecule has 1 aliphatic heterocycles. The first-order chi connectivity index (χ1) is 9.50. The third-order valence-corrected chi connectivity index (χ3v) is 4.90. The van der Waals surface area contributed by atoms with Crippen LogP contribution in [0.1, 0.15) is 19.3 Å². The lowest BCUT2D eigenvalue weighted by Gasteiger charge is -2.38. The highest BCUT2D eigenvalue weighted by Crippen LogP contribution is 2.49. The van der Waals surface area contributed by atoms with Gasteiger partial charge in [0.05, 0.1) is 11.8 Å². The number of carbonyl (C=O) groups excluding carboxylic acids is 3. The zero-order valence-corrected chi connectivity index (χ0v) is 11.9. The highest BCUT2D eigenvalue weighted by Gasteiger charge is 2.56. The Labute approximate surface area is 118 Å². The summed E-state index contributed by atoms with van der Waals surface area (Å²) in [5.41, 5.74) is 0. The van der Waals surface area contributed by atoms with Gasteiger partial charge in [0.15, 0.2) is 0 Å². The zero-order chi connectivity index (χ0) is 14.4. The largest absolute Gasteiger partial charge is 0.349 e. The average molecular weight is 276 g/mol. The van der Waals surface area contributed by atoms with Crippen molar-refractivity contribution < 1.29 is 14.4 Å². The normalized spacial score (nSPS) is 34.6. The fraction of sp³-hybridized carbons (Fsp3) is 0.667. The molecule has 0 aromatic rings. The second-order valence-corrected chi connectivity index (χ2v) is 6.21. The Morgan fingerprint density at radius 3 is 2.05 bits per heavy atom. The molecule has 0 N–H and O–H groups in total. The van der Waals surface area contributed by atoms with Gasteiger partial charge in [-0.2, -0.15) is 0 Å². The van der Waals surface area contributed by atoms with Crippen molar-refractivity contribution >= 4 is 17.7 Å². The van der Waals surface area contributed by atoms with Gasteiger partial charge in [0.1, 0.15) is 0 Å². The molecule has 108 valence electrons. The van der Waals surface area contributed by atoms with E-state index in [-0.39, 0.29) is 54.4 Å². The van der Waals surface area contributed by atoms with Crippen LogP contribution in [-0.4, -0.2) is 48.2 Å². The Balaban J connectivity index is 1.74. The summed E-state index contributed by atoms with van der Waals surface area (Å²) in [6.45, 7) is 0.223. The van der Waals surface area contributed by atoms with Crippen molar-refractivity contribution in [1.82, 2.24) is 9.80 Å². The van der Waals surface area contributed by atoms with Crippen molar-refractivity contribution in [3.05, 3.63) is 12.2 Å². The maximum atomic E-state index is 12.5. The molecule has 2 bridgehead atoms. The molecule has 3 aliphatic carbocycles. The molecular formula is C15H20N2O3. The van der Waals surface area contributed by atoms with Crippen LogP contribution in [0.25, 0.3) is 0 Å². The van der Waals surface area contributed by atoms with Crippen LogP contribution >= 0.6 is 0 Å². The highest BCUT2D eigenvalue weighted by atomic mass is 16.2. The maximum absolute atomic E-state index is 12.5. The summed E-state index contributed by atoms with van der Waals surface area (Å²) in [6, 6.07) is 0. The number of hydrogen-bond donors (Lipinski definition) is 0. The van der Waals surface area contributed by atoms with E-state index in [1.54, 1.807) is 14.1 Å². The predicted octanol–water partition coefficient (Wildman–Crippen LogP) is 0.662. The van der Waals surface area contributed by atoms with E-state index in [0.717, 1.165) is 12.8 Å². The number of nitrogens with zero attached hydrogens (tertiary/aromatic N) is 2. The van der Waals surface area contributed by atoms with Gasteiger partial charge in [0.2, 0.25) is 17.7 Å². The van der Waals surface area contributed by atoms with Gasteiger partial charge >= 0.3 is 0 Å². The second-order valence-electron chi connectivity index (χ2n) is 6.21. The molecule has 4 aliphatic rings. The van der Waals surface area contributed by atoms with Gasteiger partial charge in [0.25, 0.3) is 0 Å². The van der Waals surface area contributed by atoms with Crippen LogP contribution in [0.3, 0.4) is 0 Å². The molecule has 1 saturated carbocycles. The molecule has 20 heavy (non-hydrogen) atoms. The smallest absolute Gasteiger partial charge is 0.233 e. The van der Waals surface area contributed by atoms with Crippen molar-refractivity contribution in [2.45, 2.75) is 19.3 Å². The van der Waals surface area contributed by atoms with Crippen LogP contribution in [0.5, 0.6) is 0 Å².